The number of nitro benzene ring substituents is 1. The molecule has 8 rings (SSSR count). The highest BCUT2D eigenvalue weighted by molar-refractivity contribution is 6.13. The van der Waals surface area contributed by atoms with Crippen molar-refractivity contribution in [2.24, 2.45) is 13.0 Å². The van der Waals surface area contributed by atoms with E-state index in [4.69, 9.17) is 23.7 Å². The van der Waals surface area contributed by atoms with Crippen LogP contribution in [0.25, 0.3) is 0 Å². The largest absolute Gasteiger partial charge is 0.493 e. The van der Waals surface area contributed by atoms with Crippen LogP contribution >= 0.6 is 0 Å². The first-order valence-electron chi connectivity index (χ1n) is 30.2. The minimum atomic E-state index is -1.87. The number of carbonyl (C=O) groups excluding carboxylic acids is 9. The van der Waals surface area contributed by atoms with Gasteiger partial charge in [0.1, 0.15) is 48.8 Å². The van der Waals surface area contributed by atoms with Crippen LogP contribution in [-0.4, -0.2) is 187 Å². The number of amides is 9. The van der Waals surface area contributed by atoms with Gasteiger partial charge in [0.2, 0.25) is 29.9 Å². The topological polar surface area (TPSA) is 419 Å². The van der Waals surface area contributed by atoms with Crippen molar-refractivity contribution in [2.45, 2.75) is 140 Å². The minimum absolute atomic E-state index is 0.0310. The SMILES string of the molecule is COc1cc2c(cc1OCCCC(=O)Nc1cc(C(=O)Nc3ccc(NC(=O)[C@H](C)NC(=O)[C@@H](NC(=O)CCCCCN4C(=O)C=CC4=O)C(C)C)cc3)n(C)c1)N(C(=O)OCc1ccc(O[C@@H]3O[C@H](CO)[C@@H](O)[C@H](O)[C@H]3O)c([N+](=O)[O-])c1)C(O)[C@@H]1CCCCN1C2=O. The number of hydrogen-bond acceptors (Lipinski definition) is 21. The van der Waals surface area contributed by atoms with E-state index in [9.17, 15) is 78.8 Å². The summed E-state index contributed by atoms with van der Waals surface area (Å²) in [7, 11) is 2.95. The summed E-state index contributed by atoms with van der Waals surface area (Å²) in [4.78, 5) is 133. The molecule has 0 aliphatic carbocycles. The lowest BCUT2D eigenvalue weighted by molar-refractivity contribution is -0.387. The van der Waals surface area contributed by atoms with Crippen LogP contribution < -0.4 is 45.7 Å². The number of nitro groups is 1. The second-order valence-electron chi connectivity index (χ2n) is 23.0. The van der Waals surface area contributed by atoms with Gasteiger partial charge in [-0.25, -0.2) is 9.69 Å². The fraction of sp³-hybridized carbons (Fsp3) is 0.468. The number of piperidine rings is 1. The number of methoxy groups -OCH3 is 1. The van der Waals surface area contributed by atoms with Gasteiger partial charge in [0.15, 0.2) is 23.5 Å². The highest BCUT2D eigenvalue weighted by Gasteiger charge is 2.47. The van der Waals surface area contributed by atoms with E-state index < -0.39 is 120 Å². The van der Waals surface area contributed by atoms with Crippen LogP contribution in [-0.2, 0) is 51.9 Å². The average Bonchev–Trinajstić information content (AvgIpc) is 1.66. The van der Waals surface area contributed by atoms with Crippen LogP contribution in [0.2, 0.25) is 0 Å². The number of imide groups is 1. The molecule has 9 amide bonds. The van der Waals surface area contributed by atoms with Gasteiger partial charge in [-0.1, -0.05) is 26.3 Å². The Morgan fingerprint density at radius 1 is 0.763 bits per heavy atom. The number of unbranched alkanes of at least 4 members (excludes halogenated alkanes) is 2. The Hall–Kier alpha value is -9.53. The number of rotatable bonds is 27. The highest BCUT2D eigenvalue weighted by atomic mass is 16.7. The quantitative estimate of drug-likeness (QED) is 0.0178. The highest BCUT2D eigenvalue weighted by Crippen LogP contribution is 2.42. The maximum atomic E-state index is 14.2. The molecule has 0 bridgehead atoms. The van der Waals surface area contributed by atoms with Gasteiger partial charge in [0.25, 0.3) is 23.6 Å². The zero-order valence-electron chi connectivity index (χ0n) is 51.7. The molecule has 3 aromatic carbocycles. The lowest BCUT2D eigenvalue weighted by Crippen LogP contribution is -2.60. The van der Waals surface area contributed by atoms with Crippen molar-refractivity contribution < 1.29 is 97.3 Å². The molecule has 10 N–H and O–H groups in total. The van der Waals surface area contributed by atoms with Crippen LogP contribution in [0.5, 0.6) is 17.2 Å². The summed E-state index contributed by atoms with van der Waals surface area (Å²) in [6.07, 6.45) is -3.98. The van der Waals surface area contributed by atoms with Gasteiger partial charge in [-0.3, -0.25) is 53.4 Å². The fourth-order valence-corrected chi connectivity index (χ4v) is 10.9. The molecule has 1 aromatic heterocycles. The van der Waals surface area contributed by atoms with Crippen LogP contribution in [0.4, 0.5) is 33.2 Å². The van der Waals surface area contributed by atoms with E-state index >= 15 is 0 Å². The number of benzene rings is 3. The van der Waals surface area contributed by atoms with Crippen molar-refractivity contribution in [3.63, 3.8) is 0 Å². The molecule has 5 heterocycles. The molecular formula is C62H76N10O21. The number of ether oxygens (including phenoxy) is 5. The summed E-state index contributed by atoms with van der Waals surface area (Å²) in [6.45, 7) is 4.06. The van der Waals surface area contributed by atoms with Crippen molar-refractivity contribution in [3.8, 4) is 17.2 Å². The van der Waals surface area contributed by atoms with Crippen molar-refractivity contribution in [3.05, 3.63) is 106 Å². The van der Waals surface area contributed by atoms with Crippen molar-refractivity contribution in [1.29, 1.82) is 0 Å². The second kappa shape index (κ2) is 31.2. The lowest BCUT2D eigenvalue weighted by atomic mass is 9.99. The molecule has 0 radical (unpaired) electrons. The molecule has 9 atom stereocenters. The molecule has 31 nitrogen and oxygen atoms in total. The third kappa shape index (κ3) is 17.0. The zero-order chi connectivity index (χ0) is 67.4. The first kappa shape index (κ1) is 69.4. The normalized spacial score (nSPS) is 20.8. The van der Waals surface area contributed by atoms with E-state index in [-0.39, 0.29) is 96.6 Å². The number of carbonyl (C=O) groups is 9. The van der Waals surface area contributed by atoms with Crippen LogP contribution in [0.3, 0.4) is 0 Å². The molecule has 4 aromatic rings. The number of aromatic nitrogens is 1. The van der Waals surface area contributed by atoms with E-state index in [0.717, 1.165) is 21.9 Å². The fourth-order valence-electron chi connectivity index (χ4n) is 10.9. The zero-order valence-corrected chi connectivity index (χ0v) is 51.7. The lowest BCUT2D eigenvalue weighted by Gasteiger charge is -2.39. The Morgan fingerprint density at radius 3 is 2.14 bits per heavy atom. The summed E-state index contributed by atoms with van der Waals surface area (Å²) in [5, 5.41) is 78.1. The minimum Gasteiger partial charge on any atom is -0.493 e. The number of nitrogens with one attached hydrogen (secondary N) is 5. The van der Waals surface area contributed by atoms with Gasteiger partial charge < -0.3 is 85.3 Å². The molecule has 0 spiro atoms. The first-order chi connectivity index (χ1) is 44.4. The first-order valence-corrected chi connectivity index (χ1v) is 30.2. The van der Waals surface area contributed by atoms with Crippen LogP contribution in [0, 0.1) is 16.0 Å². The Morgan fingerprint density at radius 2 is 1.46 bits per heavy atom. The third-order valence-electron chi connectivity index (χ3n) is 16.0. The Bertz CT molecular complexity index is 3470. The Labute approximate surface area is 533 Å². The molecule has 2 saturated heterocycles. The van der Waals surface area contributed by atoms with Gasteiger partial charge in [0.05, 0.1) is 48.2 Å². The van der Waals surface area contributed by atoms with Gasteiger partial charge in [-0.15, -0.1) is 0 Å². The molecular weight excluding hydrogens is 1220 g/mol. The molecule has 1 unspecified atom stereocenters. The molecule has 4 aliphatic heterocycles. The van der Waals surface area contributed by atoms with Gasteiger partial charge >= 0.3 is 11.8 Å². The summed E-state index contributed by atoms with van der Waals surface area (Å²) in [6, 6.07) is 11.0. The monoisotopic (exact) mass is 1300 g/mol. The van der Waals surface area contributed by atoms with E-state index in [1.54, 1.807) is 45.2 Å². The second-order valence-corrected chi connectivity index (χ2v) is 23.0. The number of aryl methyl sites for hydroxylation is 1. The number of nitrogens with zero attached hydrogens (tertiary/aromatic N) is 5. The Kier molecular flexibility index (Phi) is 23.3. The Balaban J connectivity index is 0.816. The number of hydrogen-bond donors (Lipinski definition) is 10. The molecule has 500 valence electrons. The van der Waals surface area contributed by atoms with E-state index in [0.29, 0.717) is 55.6 Å². The van der Waals surface area contributed by atoms with Gasteiger partial charge in [0, 0.05) is 74.8 Å². The summed E-state index contributed by atoms with van der Waals surface area (Å²) >= 11 is 0. The van der Waals surface area contributed by atoms with Crippen LogP contribution in [0.1, 0.15) is 105 Å². The number of aliphatic hydroxyl groups is 5. The molecule has 0 saturated carbocycles. The van der Waals surface area contributed by atoms with Gasteiger partial charge in [-0.2, -0.15) is 0 Å². The van der Waals surface area contributed by atoms with Crippen molar-refractivity contribution in [1.82, 2.24) is 25.0 Å². The smallest absolute Gasteiger partial charge is 0.416 e. The summed E-state index contributed by atoms with van der Waals surface area (Å²) in [5.41, 5.74) is 0.477. The van der Waals surface area contributed by atoms with E-state index in [1.165, 1.54) is 66.1 Å². The van der Waals surface area contributed by atoms with Crippen molar-refractivity contribution in [2.75, 3.05) is 54.3 Å². The number of fused-ring (bicyclic) bond motifs is 2. The molecule has 93 heavy (non-hydrogen) atoms. The third-order valence-corrected chi connectivity index (χ3v) is 16.0. The number of anilines is 4. The summed E-state index contributed by atoms with van der Waals surface area (Å²) < 4.78 is 29.7. The predicted molar refractivity (Wildman–Crippen MR) is 328 cm³/mol. The predicted octanol–water partition coefficient (Wildman–Crippen LogP) is 2.71. The molecule has 4 aliphatic rings. The maximum Gasteiger partial charge on any atom is 0.416 e. The van der Waals surface area contributed by atoms with E-state index in [1.807, 2.05) is 0 Å². The molecule has 2 fully saturated rings. The molecule has 31 heteroatoms. The standard InChI is InChI=1S/C62H76N10O21/c1-33(2)52(67-49(75)13-7-6-9-24-70-50(76)21-22-51(70)77)58(83)63-34(3)56(81)65-36-16-18-37(19-17-36)66-57(82)43-27-38(30-68(43)4)64-48(74)14-11-25-90-46-29-41-39(28-45(46)89-5)59(84)69-23-10-8-12-40(69)60(85)71(41)62(86)91-32-35-15-20-44(42(26-35)72(87)88)92-61-55(80)54(79)53(78)47(31-73)93-61/h15-22,26-30,33-34,40,47,52-55,60-61,73,78-80,85H,6-14,23-25,31-32H2,1-5H3,(H,63,83)(H,64,74)(H,65,81)(H,66,82)(H,67,75)/t34-,40-,47+,52-,53+,54-,55+,60?,61+/m0/s1. The maximum absolute atomic E-state index is 14.2. The number of aliphatic hydroxyl groups excluding tert-OH is 5. The van der Waals surface area contributed by atoms with Gasteiger partial charge in [-0.05, 0) is 99.4 Å². The summed E-state index contributed by atoms with van der Waals surface area (Å²) in [5.74, 6) is -4.29. The van der Waals surface area contributed by atoms with E-state index in [2.05, 4.69) is 26.6 Å². The van der Waals surface area contributed by atoms with Crippen molar-refractivity contribution >= 4 is 81.8 Å². The average molecular weight is 1300 g/mol. The van der Waals surface area contributed by atoms with Crippen LogP contribution in [0.15, 0.2) is 79.0 Å².